The van der Waals surface area contributed by atoms with Gasteiger partial charge in [-0.25, -0.2) is 4.79 Å². The average Bonchev–Trinajstić information content (AvgIpc) is 2.38. The average molecular weight is 235 g/mol. The Hall–Kier alpha value is -1.35. The van der Waals surface area contributed by atoms with Crippen LogP contribution in [0.1, 0.15) is 24.8 Å². The number of hydrogen-bond donors (Lipinski definition) is 0. The molecule has 0 N–H and O–H groups in total. The molecule has 3 nitrogen and oxygen atoms in total. The summed E-state index contributed by atoms with van der Waals surface area (Å²) in [5.74, 6) is 0. The summed E-state index contributed by atoms with van der Waals surface area (Å²) in [6.07, 6.45) is 3.87. The Bertz CT molecular complexity index is 285. The molecule has 1 aromatic rings. The molecule has 1 rings (SSSR count). The van der Waals surface area contributed by atoms with Gasteiger partial charge in [0, 0.05) is 13.2 Å². The Kier molecular flexibility index (Phi) is 7.94. The Morgan fingerprint density at radius 3 is 2.41 bits per heavy atom. The molecule has 0 atom stereocenters. The van der Waals surface area contributed by atoms with Gasteiger partial charge in [-0.1, -0.05) is 30.3 Å². The molecule has 0 saturated carbocycles. The third-order valence-electron chi connectivity index (χ3n) is 2.44. The molecule has 0 fully saturated rings. The van der Waals surface area contributed by atoms with Crippen molar-refractivity contribution < 1.29 is 14.3 Å². The van der Waals surface area contributed by atoms with Gasteiger partial charge in [0.2, 0.25) is 0 Å². The summed E-state index contributed by atoms with van der Waals surface area (Å²) in [6, 6.07) is 10.4. The van der Waals surface area contributed by atoms with Crippen molar-refractivity contribution in [1.82, 2.24) is 0 Å². The summed E-state index contributed by atoms with van der Waals surface area (Å²) >= 11 is 0. The Morgan fingerprint density at radius 1 is 0.941 bits per heavy atom. The van der Waals surface area contributed by atoms with Gasteiger partial charge in [-0.15, -0.1) is 0 Å². The highest BCUT2D eigenvalue weighted by Gasteiger charge is 1.93. The lowest BCUT2D eigenvalue weighted by Gasteiger charge is -2.04. The number of hydrogen-bond acceptors (Lipinski definition) is 3. The highest BCUT2D eigenvalue weighted by molar-refractivity contribution is 5.37. The summed E-state index contributed by atoms with van der Waals surface area (Å²) in [5.41, 5.74) is 1.35. The van der Waals surface area contributed by atoms with Crippen LogP contribution in [0.5, 0.6) is 0 Å². The molecule has 0 heterocycles. The van der Waals surface area contributed by atoms with Crippen molar-refractivity contribution in [3.05, 3.63) is 35.9 Å². The van der Waals surface area contributed by atoms with Crippen LogP contribution in [0.4, 0.5) is 0 Å². The van der Waals surface area contributed by atoms with E-state index in [1.54, 1.807) is 0 Å². The van der Waals surface area contributed by atoms with Gasteiger partial charge in [-0.3, -0.25) is 0 Å². The highest BCUT2D eigenvalue weighted by atomic mass is 16.5. The van der Waals surface area contributed by atoms with E-state index in [2.05, 4.69) is 29.0 Å². The fraction of sp³-hybridized carbons (Fsp3) is 0.500. The van der Waals surface area contributed by atoms with Crippen molar-refractivity contribution in [3.63, 3.8) is 0 Å². The smallest absolute Gasteiger partial charge is 0.417 e. The predicted molar refractivity (Wildman–Crippen MR) is 66.5 cm³/mol. The second kappa shape index (κ2) is 9.85. The Morgan fingerprint density at radius 2 is 1.65 bits per heavy atom. The van der Waals surface area contributed by atoms with Gasteiger partial charge in [0.05, 0.1) is 6.61 Å². The van der Waals surface area contributed by atoms with Gasteiger partial charge in [0.25, 0.3) is 0 Å². The van der Waals surface area contributed by atoms with E-state index in [1.807, 2.05) is 6.07 Å². The lowest BCUT2D eigenvalue weighted by molar-refractivity contribution is 0.123. The Balaban J connectivity index is 1.86. The fourth-order valence-corrected chi connectivity index (χ4v) is 1.55. The van der Waals surface area contributed by atoms with Crippen molar-refractivity contribution in [2.75, 3.05) is 19.8 Å². The van der Waals surface area contributed by atoms with E-state index in [1.165, 1.54) is 12.0 Å². The summed E-state index contributed by atoms with van der Waals surface area (Å²) in [4.78, 5) is 9.74. The zero-order valence-corrected chi connectivity index (χ0v) is 10.1. The quantitative estimate of drug-likeness (QED) is 0.584. The molecule has 0 aliphatic carbocycles. The maximum atomic E-state index is 9.74. The van der Waals surface area contributed by atoms with Crippen LogP contribution in [-0.2, 0) is 20.7 Å². The van der Waals surface area contributed by atoms with Crippen LogP contribution < -0.4 is 0 Å². The number of rotatable bonds is 10. The van der Waals surface area contributed by atoms with E-state index >= 15 is 0 Å². The van der Waals surface area contributed by atoms with Crippen molar-refractivity contribution in [3.8, 4) is 0 Å². The predicted octanol–water partition coefficient (Wildman–Crippen LogP) is 2.50. The van der Waals surface area contributed by atoms with E-state index in [-0.39, 0.29) is 0 Å². The van der Waals surface area contributed by atoms with Gasteiger partial charge in [-0.05, 0) is 31.2 Å². The van der Waals surface area contributed by atoms with Gasteiger partial charge in [-0.2, -0.15) is 0 Å². The van der Waals surface area contributed by atoms with E-state index in [0.717, 1.165) is 38.9 Å². The van der Waals surface area contributed by atoms with Crippen molar-refractivity contribution >= 4 is 6.47 Å². The summed E-state index contributed by atoms with van der Waals surface area (Å²) < 4.78 is 9.94. The summed E-state index contributed by atoms with van der Waals surface area (Å²) in [7, 11) is 0. The standard InChI is InChI=1S/C14H19O3/c15-13-17-11-5-4-10-16-12-6-9-14-7-2-1-3-8-14/h1-3,7-8H,4-6,9-12H2. The minimum atomic E-state index is 0.441. The summed E-state index contributed by atoms with van der Waals surface area (Å²) in [5, 5.41) is 0. The summed E-state index contributed by atoms with van der Waals surface area (Å²) in [6.45, 7) is 3.37. The molecule has 3 heteroatoms. The largest absolute Gasteiger partial charge is 0.457 e. The molecule has 0 aliphatic rings. The van der Waals surface area contributed by atoms with Crippen LogP contribution in [0.3, 0.4) is 0 Å². The van der Waals surface area contributed by atoms with Crippen LogP contribution in [0.25, 0.3) is 0 Å². The number of unbranched alkanes of at least 4 members (excludes halogenated alkanes) is 1. The minimum absolute atomic E-state index is 0.441. The van der Waals surface area contributed by atoms with Crippen molar-refractivity contribution in [2.24, 2.45) is 0 Å². The van der Waals surface area contributed by atoms with Crippen molar-refractivity contribution in [2.45, 2.75) is 25.7 Å². The van der Waals surface area contributed by atoms with Crippen LogP contribution in [0, 0.1) is 0 Å². The number of ether oxygens (including phenoxy) is 2. The zero-order chi connectivity index (χ0) is 12.2. The first-order chi connectivity index (χ1) is 8.43. The zero-order valence-electron chi connectivity index (χ0n) is 10.1. The first-order valence-electron chi connectivity index (χ1n) is 6.04. The Labute approximate surface area is 103 Å². The molecule has 0 unspecified atom stereocenters. The molecular weight excluding hydrogens is 216 g/mol. The molecule has 0 aromatic heterocycles. The normalized spacial score (nSPS) is 10.1. The number of carbonyl (C=O) groups excluding carboxylic acids is 1. The van der Waals surface area contributed by atoms with Gasteiger partial charge in [0.15, 0.2) is 0 Å². The minimum Gasteiger partial charge on any atom is -0.457 e. The number of aryl methyl sites for hydroxylation is 1. The highest BCUT2D eigenvalue weighted by Crippen LogP contribution is 2.02. The molecule has 0 aliphatic heterocycles. The maximum absolute atomic E-state index is 9.74. The molecule has 1 radical (unpaired) electrons. The maximum Gasteiger partial charge on any atom is 0.417 e. The third kappa shape index (κ3) is 7.53. The monoisotopic (exact) mass is 235 g/mol. The van der Waals surface area contributed by atoms with Crippen LogP contribution >= 0.6 is 0 Å². The molecule has 17 heavy (non-hydrogen) atoms. The van der Waals surface area contributed by atoms with Crippen LogP contribution in [0.2, 0.25) is 0 Å². The molecular formula is C14H19O3. The molecule has 0 saturated heterocycles. The number of benzene rings is 1. The molecule has 0 spiro atoms. The molecule has 0 bridgehead atoms. The molecule has 93 valence electrons. The lowest BCUT2D eigenvalue weighted by atomic mass is 10.1. The second-order valence-corrected chi connectivity index (χ2v) is 3.84. The van der Waals surface area contributed by atoms with E-state index in [0.29, 0.717) is 6.61 Å². The van der Waals surface area contributed by atoms with E-state index in [4.69, 9.17) is 4.74 Å². The second-order valence-electron chi connectivity index (χ2n) is 3.84. The third-order valence-corrected chi connectivity index (χ3v) is 2.44. The first kappa shape index (κ1) is 13.7. The van der Waals surface area contributed by atoms with Gasteiger partial charge >= 0.3 is 6.47 Å². The van der Waals surface area contributed by atoms with E-state index < -0.39 is 0 Å². The topological polar surface area (TPSA) is 35.5 Å². The van der Waals surface area contributed by atoms with Gasteiger partial charge in [0.1, 0.15) is 0 Å². The molecule has 0 amide bonds. The SMILES string of the molecule is O=[C]OCCCCOCCCc1ccccc1. The van der Waals surface area contributed by atoms with E-state index in [9.17, 15) is 4.79 Å². The van der Waals surface area contributed by atoms with Crippen molar-refractivity contribution in [1.29, 1.82) is 0 Å². The van der Waals surface area contributed by atoms with Crippen LogP contribution in [0.15, 0.2) is 30.3 Å². The van der Waals surface area contributed by atoms with Gasteiger partial charge < -0.3 is 9.47 Å². The fourth-order valence-electron chi connectivity index (χ4n) is 1.55. The first-order valence-corrected chi connectivity index (χ1v) is 6.04. The molecule has 1 aromatic carbocycles. The van der Waals surface area contributed by atoms with Crippen LogP contribution in [-0.4, -0.2) is 26.3 Å². The lowest BCUT2D eigenvalue weighted by Crippen LogP contribution is -2.00.